The lowest BCUT2D eigenvalue weighted by atomic mass is 10.1. The van der Waals surface area contributed by atoms with Gasteiger partial charge in [-0.05, 0) is 12.8 Å². The SMILES string of the molecule is CCCCCC1(CC)OCC(C(=O)OC)O1. The Morgan fingerprint density at radius 3 is 2.75 bits per heavy atom. The van der Waals surface area contributed by atoms with Gasteiger partial charge in [0.2, 0.25) is 0 Å². The fraction of sp³-hybridized carbons (Fsp3) is 0.917. The number of ether oxygens (including phenoxy) is 3. The molecule has 4 heteroatoms. The second kappa shape index (κ2) is 6.21. The van der Waals surface area contributed by atoms with Gasteiger partial charge in [-0.1, -0.05) is 26.7 Å². The molecule has 16 heavy (non-hydrogen) atoms. The molecule has 0 N–H and O–H groups in total. The summed E-state index contributed by atoms with van der Waals surface area (Å²) in [7, 11) is 1.37. The molecule has 1 aliphatic rings. The summed E-state index contributed by atoms with van der Waals surface area (Å²) in [6, 6.07) is 0. The molecule has 2 atom stereocenters. The first kappa shape index (κ1) is 13.5. The highest BCUT2D eigenvalue weighted by Gasteiger charge is 2.42. The molecule has 1 fully saturated rings. The van der Waals surface area contributed by atoms with Gasteiger partial charge < -0.3 is 14.2 Å². The van der Waals surface area contributed by atoms with Gasteiger partial charge >= 0.3 is 5.97 Å². The van der Waals surface area contributed by atoms with Crippen LogP contribution in [0.2, 0.25) is 0 Å². The second-order valence-corrected chi connectivity index (χ2v) is 4.16. The van der Waals surface area contributed by atoms with E-state index in [1.54, 1.807) is 0 Å². The molecule has 0 amide bonds. The Kier molecular flexibility index (Phi) is 5.22. The molecule has 0 aromatic heterocycles. The van der Waals surface area contributed by atoms with Gasteiger partial charge in [0.25, 0.3) is 0 Å². The molecule has 1 aliphatic heterocycles. The normalized spacial score (nSPS) is 29.3. The zero-order valence-corrected chi connectivity index (χ0v) is 10.5. The standard InChI is InChI=1S/C12H22O4/c1-4-6-7-8-12(5-2)15-9-10(16-12)11(13)14-3/h10H,4-9H2,1-3H3. The van der Waals surface area contributed by atoms with Crippen molar-refractivity contribution in [3.63, 3.8) is 0 Å². The fourth-order valence-electron chi connectivity index (χ4n) is 1.94. The Morgan fingerprint density at radius 2 is 2.19 bits per heavy atom. The first-order chi connectivity index (χ1) is 7.67. The third-order valence-corrected chi connectivity index (χ3v) is 3.02. The molecule has 1 saturated heterocycles. The molecule has 4 nitrogen and oxygen atoms in total. The second-order valence-electron chi connectivity index (χ2n) is 4.16. The summed E-state index contributed by atoms with van der Waals surface area (Å²) in [5.74, 6) is -0.903. The first-order valence-corrected chi connectivity index (χ1v) is 6.07. The van der Waals surface area contributed by atoms with E-state index in [4.69, 9.17) is 9.47 Å². The maximum atomic E-state index is 11.3. The fourth-order valence-corrected chi connectivity index (χ4v) is 1.94. The van der Waals surface area contributed by atoms with Crippen molar-refractivity contribution in [3.05, 3.63) is 0 Å². The van der Waals surface area contributed by atoms with Crippen LogP contribution in [0.4, 0.5) is 0 Å². The highest BCUT2D eigenvalue weighted by atomic mass is 16.8. The molecular weight excluding hydrogens is 208 g/mol. The van der Waals surface area contributed by atoms with Gasteiger partial charge in [-0.2, -0.15) is 0 Å². The lowest BCUT2D eigenvalue weighted by Crippen LogP contribution is -2.32. The van der Waals surface area contributed by atoms with Crippen molar-refractivity contribution in [2.24, 2.45) is 0 Å². The summed E-state index contributed by atoms with van der Waals surface area (Å²) in [5.41, 5.74) is 0. The predicted molar refractivity (Wildman–Crippen MR) is 60.0 cm³/mol. The van der Waals surface area contributed by atoms with E-state index >= 15 is 0 Å². The molecule has 0 aliphatic carbocycles. The molecule has 0 bridgehead atoms. The predicted octanol–water partition coefficient (Wildman–Crippen LogP) is 2.26. The maximum Gasteiger partial charge on any atom is 0.337 e. The monoisotopic (exact) mass is 230 g/mol. The van der Waals surface area contributed by atoms with Gasteiger partial charge in [0, 0.05) is 6.42 Å². The smallest absolute Gasteiger partial charge is 0.337 e. The summed E-state index contributed by atoms with van der Waals surface area (Å²) in [6.45, 7) is 4.49. The average Bonchev–Trinajstić information content (AvgIpc) is 2.74. The van der Waals surface area contributed by atoms with Gasteiger partial charge in [-0.25, -0.2) is 4.79 Å². The minimum atomic E-state index is -0.561. The Hall–Kier alpha value is -0.610. The zero-order valence-electron chi connectivity index (χ0n) is 10.5. The maximum absolute atomic E-state index is 11.3. The van der Waals surface area contributed by atoms with Gasteiger partial charge in [-0.15, -0.1) is 0 Å². The Bertz CT molecular complexity index is 229. The van der Waals surface area contributed by atoms with Crippen LogP contribution in [0.1, 0.15) is 46.0 Å². The number of hydrogen-bond donors (Lipinski definition) is 0. The summed E-state index contributed by atoms with van der Waals surface area (Å²) in [6.07, 6.45) is 4.47. The minimum absolute atomic E-state index is 0.312. The lowest BCUT2D eigenvalue weighted by molar-refractivity contribution is -0.186. The molecule has 1 rings (SSSR count). The minimum Gasteiger partial charge on any atom is -0.467 e. The number of carbonyl (C=O) groups is 1. The molecule has 0 saturated carbocycles. The van der Waals surface area contributed by atoms with Crippen molar-refractivity contribution < 1.29 is 19.0 Å². The number of hydrogen-bond acceptors (Lipinski definition) is 4. The number of rotatable bonds is 6. The Morgan fingerprint density at radius 1 is 1.44 bits per heavy atom. The van der Waals surface area contributed by atoms with Crippen molar-refractivity contribution in [1.82, 2.24) is 0 Å². The van der Waals surface area contributed by atoms with Gasteiger partial charge in [0.05, 0.1) is 13.7 Å². The average molecular weight is 230 g/mol. The summed E-state index contributed by atoms with van der Waals surface area (Å²) >= 11 is 0. The Labute approximate surface area is 97.2 Å². The van der Waals surface area contributed by atoms with Crippen LogP contribution in [0.3, 0.4) is 0 Å². The van der Waals surface area contributed by atoms with Crippen molar-refractivity contribution in [2.45, 2.75) is 57.8 Å². The molecular formula is C12H22O4. The van der Waals surface area contributed by atoms with Crippen LogP contribution in [0.5, 0.6) is 0 Å². The van der Waals surface area contributed by atoms with Gasteiger partial charge in [0.15, 0.2) is 11.9 Å². The van der Waals surface area contributed by atoms with Crippen LogP contribution in [0.15, 0.2) is 0 Å². The van der Waals surface area contributed by atoms with E-state index in [-0.39, 0.29) is 5.97 Å². The number of methoxy groups -OCH3 is 1. The highest BCUT2D eigenvalue weighted by Crippen LogP contribution is 2.32. The molecule has 1 heterocycles. The van der Waals surface area contributed by atoms with E-state index in [0.717, 1.165) is 25.7 Å². The number of carbonyl (C=O) groups excluding carboxylic acids is 1. The summed E-state index contributed by atoms with van der Waals surface area (Å²) in [4.78, 5) is 11.3. The molecule has 0 radical (unpaired) electrons. The Balaban J connectivity index is 2.46. The van der Waals surface area contributed by atoms with Crippen molar-refractivity contribution in [3.8, 4) is 0 Å². The summed E-state index contributed by atoms with van der Waals surface area (Å²) in [5, 5.41) is 0. The number of esters is 1. The lowest BCUT2D eigenvalue weighted by Gasteiger charge is -2.26. The van der Waals surface area contributed by atoms with E-state index in [9.17, 15) is 4.79 Å². The van der Waals surface area contributed by atoms with E-state index < -0.39 is 11.9 Å². The summed E-state index contributed by atoms with van der Waals surface area (Å²) < 4.78 is 16.0. The first-order valence-electron chi connectivity index (χ1n) is 6.07. The molecule has 0 spiro atoms. The van der Waals surface area contributed by atoms with E-state index in [0.29, 0.717) is 6.61 Å². The van der Waals surface area contributed by atoms with Crippen LogP contribution in [0.25, 0.3) is 0 Å². The molecule has 0 aromatic carbocycles. The van der Waals surface area contributed by atoms with E-state index in [2.05, 4.69) is 11.7 Å². The van der Waals surface area contributed by atoms with Crippen LogP contribution < -0.4 is 0 Å². The van der Waals surface area contributed by atoms with Gasteiger partial charge in [0.1, 0.15) is 0 Å². The zero-order chi connectivity index (χ0) is 12.0. The van der Waals surface area contributed by atoms with E-state index in [1.165, 1.54) is 13.5 Å². The molecule has 2 unspecified atom stereocenters. The molecule has 0 aromatic rings. The van der Waals surface area contributed by atoms with Crippen molar-refractivity contribution in [2.75, 3.05) is 13.7 Å². The van der Waals surface area contributed by atoms with Crippen LogP contribution >= 0.6 is 0 Å². The highest BCUT2D eigenvalue weighted by molar-refractivity contribution is 5.75. The third kappa shape index (κ3) is 3.19. The van der Waals surface area contributed by atoms with Crippen molar-refractivity contribution in [1.29, 1.82) is 0 Å². The van der Waals surface area contributed by atoms with Crippen molar-refractivity contribution >= 4 is 5.97 Å². The van der Waals surface area contributed by atoms with Crippen LogP contribution in [-0.4, -0.2) is 31.6 Å². The third-order valence-electron chi connectivity index (χ3n) is 3.02. The number of unbranched alkanes of at least 4 members (excludes halogenated alkanes) is 2. The van der Waals surface area contributed by atoms with Crippen LogP contribution in [-0.2, 0) is 19.0 Å². The van der Waals surface area contributed by atoms with Crippen LogP contribution in [0, 0.1) is 0 Å². The van der Waals surface area contributed by atoms with Gasteiger partial charge in [-0.3, -0.25) is 0 Å². The van der Waals surface area contributed by atoms with E-state index in [1.807, 2.05) is 6.92 Å². The largest absolute Gasteiger partial charge is 0.467 e. The molecule has 94 valence electrons. The quantitative estimate of drug-likeness (QED) is 0.518. The topological polar surface area (TPSA) is 44.8 Å².